The lowest BCUT2D eigenvalue weighted by Crippen LogP contribution is -2.43. The number of nitrogens with zero attached hydrogens (tertiary/aromatic N) is 1. The van der Waals surface area contributed by atoms with Crippen molar-refractivity contribution in [2.45, 2.75) is 31.2 Å². The highest BCUT2D eigenvalue weighted by molar-refractivity contribution is 6.30. The molecule has 1 aliphatic rings. The summed E-state index contributed by atoms with van der Waals surface area (Å²) in [5, 5.41) is 0.685. The van der Waals surface area contributed by atoms with Crippen LogP contribution in [-0.2, 0) is 10.3 Å². The zero-order chi connectivity index (χ0) is 14.7. The highest BCUT2D eigenvalue weighted by Gasteiger charge is 2.41. The Kier molecular flexibility index (Phi) is 3.98. The predicted octanol–water partition coefficient (Wildman–Crippen LogP) is 4.77. The van der Waals surface area contributed by atoms with Crippen LogP contribution in [0.15, 0.2) is 54.6 Å². The highest BCUT2D eigenvalue weighted by Crippen LogP contribution is 2.45. The van der Waals surface area contributed by atoms with Gasteiger partial charge in [-0.05, 0) is 42.7 Å². The molecule has 0 radical (unpaired) electrons. The number of carbonyl (C=O) groups is 1. The molecule has 0 bridgehead atoms. The number of carbonyl (C=O) groups excluding carboxylic acids is 1. The zero-order valence-corrected chi connectivity index (χ0v) is 12.6. The van der Waals surface area contributed by atoms with Crippen molar-refractivity contribution in [1.29, 1.82) is 0 Å². The van der Waals surface area contributed by atoms with E-state index in [1.807, 2.05) is 47.4 Å². The van der Waals surface area contributed by atoms with Gasteiger partial charge < -0.3 is 4.90 Å². The van der Waals surface area contributed by atoms with Gasteiger partial charge in [0.1, 0.15) is 0 Å². The largest absolute Gasteiger partial charge is 0.305 e. The summed E-state index contributed by atoms with van der Waals surface area (Å²) in [5.74, 6) is 0. The average Bonchev–Trinajstić information content (AvgIpc) is 3.01. The van der Waals surface area contributed by atoms with Crippen LogP contribution >= 0.6 is 11.6 Å². The van der Waals surface area contributed by atoms with Gasteiger partial charge in [0.2, 0.25) is 6.41 Å². The molecule has 108 valence electrons. The second kappa shape index (κ2) is 5.90. The molecule has 0 N–H and O–H groups in total. The maximum atomic E-state index is 11.8. The van der Waals surface area contributed by atoms with Crippen molar-refractivity contribution in [3.05, 3.63) is 65.2 Å². The number of benzene rings is 2. The monoisotopic (exact) mass is 299 g/mol. The Morgan fingerprint density at radius 2 is 1.57 bits per heavy atom. The fourth-order valence-corrected chi connectivity index (χ4v) is 3.51. The van der Waals surface area contributed by atoms with Crippen LogP contribution < -0.4 is 4.90 Å². The van der Waals surface area contributed by atoms with Crippen LogP contribution in [0.2, 0.25) is 5.02 Å². The van der Waals surface area contributed by atoms with Gasteiger partial charge in [-0.15, -0.1) is 0 Å². The summed E-state index contributed by atoms with van der Waals surface area (Å²) in [6.07, 6.45) is 5.25. The average molecular weight is 300 g/mol. The quantitative estimate of drug-likeness (QED) is 0.745. The van der Waals surface area contributed by atoms with Gasteiger partial charge in [0, 0.05) is 10.7 Å². The first-order valence-corrected chi connectivity index (χ1v) is 7.70. The molecule has 1 amide bonds. The summed E-state index contributed by atoms with van der Waals surface area (Å²) in [7, 11) is 0. The van der Waals surface area contributed by atoms with E-state index >= 15 is 0 Å². The molecule has 1 saturated carbocycles. The number of amides is 1. The number of hydrogen-bond donors (Lipinski definition) is 0. The second-order valence-electron chi connectivity index (χ2n) is 5.56. The summed E-state index contributed by atoms with van der Waals surface area (Å²) >= 11 is 5.96. The van der Waals surface area contributed by atoms with Crippen molar-refractivity contribution in [2.24, 2.45) is 0 Å². The maximum Gasteiger partial charge on any atom is 0.214 e. The van der Waals surface area contributed by atoms with Crippen LogP contribution in [0.5, 0.6) is 0 Å². The minimum Gasteiger partial charge on any atom is -0.305 e. The molecule has 1 aliphatic carbocycles. The van der Waals surface area contributed by atoms with Crippen LogP contribution in [-0.4, -0.2) is 6.41 Å². The van der Waals surface area contributed by atoms with Crippen molar-refractivity contribution in [3.8, 4) is 0 Å². The topological polar surface area (TPSA) is 20.3 Å². The molecular weight excluding hydrogens is 282 g/mol. The van der Waals surface area contributed by atoms with E-state index in [9.17, 15) is 4.79 Å². The summed E-state index contributed by atoms with van der Waals surface area (Å²) in [6, 6.07) is 17.8. The molecule has 0 aromatic heterocycles. The third kappa shape index (κ3) is 2.56. The fraction of sp³-hybridized carbons (Fsp3) is 0.278. The number of rotatable bonds is 4. The smallest absolute Gasteiger partial charge is 0.214 e. The van der Waals surface area contributed by atoms with E-state index in [0.717, 1.165) is 37.8 Å². The van der Waals surface area contributed by atoms with Gasteiger partial charge in [-0.2, -0.15) is 0 Å². The summed E-state index contributed by atoms with van der Waals surface area (Å²) in [6.45, 7) is 0. The van der Waals surface area contributed by atoms with Crippen molar-refractivity contribution < 1.29 is 4.79 Å². The molecule has 21 heavy (non-hydrogen) atoms. The Labute approximate surface area is 130 Å². The molecule has 0 spiro atoms. The Hall–Kier alpha value is -1.80. The zero-order valence-electron chi connectivity index (χ0n) is 11.8. The molecule has 0 heterocycles. The molecule has 1 fully saturated rings. The lowest BCUT2D eigenvalue weighted by Gasteiger charge is -2.39. The van der Waals surface area contributed by atoms with Crippen LogP contribution in [0.25, 0.3) is 0 Å². The highest BCUT2D eigenvalue weighted by atomic mass is 35.5. The first kappa shape index (κ1) is 14.2. The normalized spacial score (nSPS) is 16.6. The summed E-state index contributed by atoms with van der Waals surface area (Å²) < 4.78 is 0. The molecule has 0 atom stereocenters. The Balaban J connectivity index is 2.07. The minimum absolute atomic E-state index is 0.225. The van der Waals surface area contributed by atoms with Gasteiger partial charge in [0.05, 0.1) is 5.54 Å². The van der Waals surface area contributed by atoms with Crippen molar-refractivity contribution in [1.82, 2.24) is 0 Å². The van der Waals surface area contributed by atoms with E-state index in [4.69, 9.17) is 11.6 Å². The maximum absolute atomic E-state index is 11.8. The van der Waals surface area contributed by atoms with E-state index in [1.54, 1.807) is 0 Å². The van der Waals surface area contributed by atoms with Crippen molar-refractivity contribution in [3.63, 3.8) is 0 Å². The van der Waals surface area contributed by atoms with Crippen molar-refractivity contribution >= 4 is 23.7 Å². The van der Waals surface area contributed by atoms with E-state index in [-0.39, 0.29) is 5.54 Å². The number of anilines is 1. The molecule has 0 saturated heterocycles. The van der Waals surface area contributed by atoms with Gasteiger partial charge in [-0.3, -0.25) is 4.79 Å². The van der Waals surface area contributed by atoms with Crippen LogP contribution in [0.4, 0.5) is 5.69 Å². The minimum atomic E-state index is -0.225. The van der Waals surface area contributed by atoms with Gasteiger partial charge in [-0.25, -0.2) is 0 Å². The van der Waals surface area contributed by atoms with E-state index < -0.39 is 0 Å². The lowest BCUT2D eigenvalue weighted by atomic mass is 9.86. The lowest BCUT2D eigenvalue weighted by molar-refractivity contribution is -0.108. The first-order valence-electron chi connectivity index (χ1n) is 7.32. The predicted molar refractivity (Wildman–Crippen MR) is 86.6 cm³/mol. The molecule has 3 rings (SSSR count). The van der Waals surface area contributed by atoms with E-state index in [1.165, 1.54) is 5.56 Å². The molecule has 2 aromatic rings. The third-order valence-electron chi connectivity index (χ3n) is 4.41. The van der Waals surface area contributed by atoms with Gasteiger partial charge in [0.25, 0.3) is 0 Å². The van der Waals surface area contributed by atoms with Crippen LogP contribution in [0.3, 0.4) is 0 Å². The molecule has 2 nitrogen and oxygen atoms in total. The number of halogens is 1. The van der Waals surface area contributed by atoms with E-state index in [0.29, 0.717) is 5.02 Å². The Bertz CT molecular complexity index is 603. The van der Waals surface area contributed by atoms with Crippen LogP contribution in [0, 0.1) is 0 Å². The molecule has 0 unspecified atom stereocenters. The number of hydrogen-bond acceptors (Lipinski definition) is 1. The fourth-order valence-electron chi connectivity index (χ4n) is 3.39. The summed E-state index contributed by atoms with van der Waals surface area (Å²) in [4.78, 5) is 13.7. The van der Waals surface area contributed by atoms with Gasteiger partial charge in [0.15, 0.2) is 0 Å². The third-order valence-corrected chi connectivity index (χ3v) is 4.67. The molecule has 0 aliphatic heterocycles. The van der Waals surface area contributed by atoms with Crippen molar-refractivity contribution in [2.75, 3.05) is 4.90 Å². The Morgan fingerprint density at radius 3 is 2.14 bits per heavy atom. The van der Waals surface area contributed by atoms with Crippen LogP contribution in [0.1, 0.15) is 31.2 Å². The summed E-state index contributed by atoms with van der Waals surface area (Å²) in [5.41, 5.74) is 1.89. The molecule has 2 aromatic carbocycles. The second-order valence-corrected chi connectivity index (χ2v) is 5.99. The SMILES string of the molecule is O=CN(c1ccc(Cl)cc1)C1(c2ccccc2)CCCC1. The Morgan fingerprint density at radius 1 is 0.952 bits per heavy atom. The molecular formula is C18H18ClNO. The molecule has 3 heteroatoms. The standard InChI is InChI=1S/C18H18ClNO/c19-16-8-10-17(11-9-16)20(14-21)18(12-4-5-13-18)15-6-2-1-3-7-15/h1-3,6-11,14H,4-5,12-13H2. The van der Waals surface area contributed by atoms with Gasteiger partial charge in [-0.1, -0.05) is 54.8 Å². The first-order chi connectivity index (χ1) is 10.3. The van der Waals surface area contributed by atoms with E-state index in [2.05, 4.69) is 12.1 Å². The van der Waals surface area contributed by atoms with Gasteiger partial charge >= 0.3 is 0 Å².